The predicted molar refractivity (Wildman–Crippen MR) is 100 cm³/mol. The Labute approximate surface area is 159 Å². The Bertz CT molecular complexity index is 903. The SMILES string of the molecule is Cc1c(C(=O)N2CCCCC2)sc(NC(=O)c2cccc(F)c2)c1C(=O)O. The van der Waals surface area contributed by atoms with E-state index in [1.807, 2.05) is 0 Å². The highest BCUT2D eigenvalue weighted by atomic mass is 32.1. The smallest absolute Gasteiger partial charge is 0.339 e. The summed E-state index contributed by atoms with van der Waals surface area (Å²) in [6.07, 6.45) is 2.92. The number of hydrogen-bond acceptors (Lipinski definition) is 4. The summed E-state index contributed by atoms with van der Waals surface area (Å²) in [5, 5.41) is 12.1. The molecule has 0 bridgehead atoms. The lowest BCUT2D eigenvalue weighted by Crippen LogP contribution is -2.35. The number of carbonyl (C=O) groups is 3. The van der Waals surface area contributed by atoms with Gasteiger partial charge in [-0.1, -0.05) is 6.07 Å². The maximum atomic E-state index is 13.3. The third-order valence-electron chi connectivity index (χ3n) is 4.51. The molecule has 1 aromatic heterocycles. The standard InChI is InChI=1S/C19H19FN2O4S/c1-11-14(19(25)26)17(21-16(23)12-6-5-7-13(20)10-12)27-15(11)18(24)22-8-3-2-4-9-22/h5-7,10H,2-4,8-9H2,1H3,(H,21,23)(H,25,26). The molecule has 6 nitrogen and oxygen atoms in total. The number of thiophene rings is 1. The van der Waals surface area contributed by atoms with Gasteiger partial charge in [0.2, 0.25) is 0 Å². The lowest BCUT2D eigenvalue weighted by atomic mass is 10.1. The molecule has 0 saturated carbocycles. The van der Waals surface area contributed by atoms with Gasteiger partial charge >= 0.3 is 5.97 Å². The molecular formula is C19H19FN2O4S. The Morgan fingerprint density at radius 2 is 1.89 bits per heavy atom. The molecule has 8 heteroatoms. The number of carboxylic acid groups (broad SMARTS) is 1. The number of anilines is 1. The average Bonchev–Trinajstić information content (AvgIpc) is 2.98. The summed E-state index contributed by atoms with van der Waals surface area (Å²) in [7, 11) is 0. The minimum atomic E-state index is -1.23. The first-order chi connectivity index (χ1) is 12.9. The van der Waals surface area contributed by atoms with Crippen LogP contribution in [0.1, 0.15) is 55.2 Å². The molecule has 1 aromatic carbocycles. The molecule has 0 atom stereocenters. The lowest BCUT2D eigenvalue weighted by molar-refractivity contribution is 0.0697. The van der Waals surface area contributed by atoms with Gasteiger partial charge in [0.15, 0.2) is 0 Å². The summed E-state index contributed by atoms with van der Waals surface area (Å²) in [6, 6.07) is 5.10. The monoisotopic (exact) mass is 390 g/mol. The number of nitrogens with zero attached hydrogens (tertiary/aromatic N) is 1. The summed E-state index contributed by atoms with van der Waals surface area (Å²) in [5.41, 5.74) is 0.295. The highest BCUT2D eigenvalue weighted by Gasteiger charge is 2.28. The van der Waals surface area contributed by atoms with Gasteiger partial charge in [-0.3, -0.25) is 9.59 Å². The van der Waals surface area contributed by atoms with Crippen LogP contribution in [0.25, 0.3) is 0 Å². The molecule has 1 aliphatic heterocycles. The molecule has 0 spiro atoms. The number of rotatable bonds is 4. The Kier molecular flexibility index (Phi) is 5.55. The Hall–Kier alpha value is -2.74. The van der Waals surface area contributed by atoms with Crippen LogP contribution in [-0.4, -0.2) is 40.9 Å². The van der Waals surface area contributed by atoms with Crippen molar-refractivity contribution in [1.82, 2.24) is 4.90 Å². The van der Waals surface area contributed by atoms with E-state index in [-0.39, 0.29) is 22.0 Å². The van der Waals surface area contributed by atoms with Crippen LogP contribution in [0.4, 0.5) is 9.39 Å². The summed E-state index contributed by atoms with van der Waals surface area (Å²) >= 11 is 0.946. The molecule has 2 aromatic rings. The Morgan fingerprint density at radius 3 is 2.52 bits per heavy atom. The quantitative estimate of drug-likeness (QED) is 0.832. The van der Waals surface area contributed by atoms with Crippen LogP contribution < -0.4 is 5.32 Å². The van der Waals surface area contributed by atoms with Crippen molar-refractivity contribution in [2.75, 3.05) is 18.4 Å². The number of piperidine rings is 1. The van der Waals surface area contributed by atoms with Crippen LogP contribution in [0.5, 0.6) is 0 Å². The van der Waals surface area contributed by atoms with Crippen molar-refractivity contribution < 1.29 is 23.9 Å². The van der Waals surface area contributed by atoms with Gasteiger partial charge in [0.05, 0.1) is 10.4 Å². The first-order valence-corrected chi connectivity index (χ1v) is 9.43. The van der Waals surface area contributed by atoms with Crippen LogP contribution in [0.15, 0.2) is 24.3 Å². The zero-order chi connectivity index (χ0) is 19.6. The van der Waals surface area contributed by atoms with E-state index >= 15 is 0 Å². The maximum Gasteiger partial charge on any atom is 0.339 e. The number of likely N-dealkylation sites (tertiary alicyclic amines) is 1. The highest BCUT2D eigenvalue weighted by Crippen LogP contribution is 2.34. The lowest BCUT2D eigenvalue weighted by Gasteiger charge is -2.26. The zero-order valence-corrected chi connectivity index (χ0v) is 15.6. The van der Waals surface area contributed by atoms with Gasteiger partial charge < -0.3 is 15.3 Å². The van der Waals surface area contributed by atoms with Gasteiger partial charge in [0, 0.05) is 18.7 Å². The van der Waals surface area contributed by atoms with E-state index in [4.69, 9.17) is 0 Å². The second-order valence-corrected chi connectivity index (χ2v) is 7.40. The summed E-state index contributed by atoms with van der Waals surface area (Å²) in [4.78, 5) is 38.9. The van der Waals surface area contributed by atoms with Crippen molar-refractivity contribution in [3.8, 4) is 0 Å². The molecular weight excluding hydrogens is 371 g/mol. The first-order valence-electron chi connectivity index (χ1n) is 8.61. The molecule has 0 unspecified atom stereocenters. The Balaban J connectivity index is 1.91. The summed E-state index contributed by atoms with van der Waals surface area (Å²) in [5.74, 6) is -2.64. The largest absolute Gasteiger partial charge is 0.478 e. The topological polar surface area (TPSA) is 86.7 Å². The van der Waals surface area contributed by atoms with Crippen molar-refractivity contribution in [3.63, 3.8) is 0 Å². The number of halogens is 1. The number of carboxylic acids is 1. The number of nitrogens with one attached hydrogen (secondary N) is 1. The van der Waals surface area contributed by atoms with Crippen LogP contribution in [0, 0.1) is 12.7 Å². The molecule has 0 radical (unpaired) electrons. The first kappa shape index (κ1) is 19.0. The fourth-order valence-corrected chi connectivity index (χ4v) is 4.27. The van der Waals surface area contributed by atoms with Crippen molar-refractivity contribution in [1.29, 1.82) is 0 Å². The van der Waals surface area contributed by atoms with Crippen LogP contribution in [0.3, 0.4) is 0 Å². The molecule has 142 valence electrons. The molecule has 1 saturated heterocycles. The number of benzene rings is 1. The van der Waals surface area contributed by atoms with Crippen molar-refractivity contribution >= 4 is 34.1 Å². The minimum absolute atomic E-state index is 0.0706. The number of aromatic carboxylic acids is 1. The van der Waals surface area contributed by atoms with Crippen LogP contribution in [-0.2, 0) is 0 Å². The fourth-order valence-electron chi connectivity index (χ4n) is 3.11. The third kappa shape index (κ3) is 4.00. The predicted octanol–water partition coefficient (Wildman–Crippen LogP) is 3.77. The molecule has 2 amide bonds. The number of hydrogen-bond donors (Lipinski definition) is 2. The number of amides is 2. The normalized spacial score (nSPS) is 14.1. The summed E-state index contributed by atoms with van der Waals surface area (Å²) in [6.45, 7) is 2.85. The van der Waals surface area contributed by atoms with Gasteiger partial charge in [-0.05, 0) is 49.9 Å². The van der Waals surface area contributed by atoms with E-state index in [1.54, 1.807) is 11.8 Å². The van der Waals surface area contributed by atoms with E-state index in [2.05, 4.69) is 5.32 Å². The molecule has 1 fully saturated rings. The van der Waals surface area contributed by atoms with E-state index in [1.165, 1.54) is 18.2 Å². The van der Waals surface area contributed by atoms with E-state index < -0.39 is 17.7 Å². The highest BCUT2D eigenvalue weighted by molar-refractivity contribution is 7.18. The molecule has 2 heterocycles. The number of carbonyl (C=O) groups excluding carboxylic acids is 2. The second kappa shape index (κ2) is 7.87. The molecule has 1 aliphatic rings. The van der Waals surface area contributed by atoms with Crippen LogP contribution in [0.2, 0.25) is 0 Å². The van der Waals surface area contributed by atoms with Gasteiger partial charge in [0.25, 0.3) is 11.8 Å². The van der Waals surface area contributed by atoms with Crippen LogP contribution >= 0.6 is 11.3 Å². The van der Waals surface area contributed by atoms with Gasteiger partial charge in [-0.15, -0.1) is 11.3 Å². The van der Waals surface area contributed by atoms with E-state index in [0.29, 0.717) is 23.5 Å². The maximum absolute atomic E-state index is 13.3. The fraction of sp³-hybridized carbons (Fsp3) is 0.316. The van der Waals surface area contributed by atoms with Gasteiger partial charge in [0.1, 0.15) is 10.8 Å². The third-order valence-corrected chi connectivity index (χ3v) is 5.71. The van der Waals surface area contributed by atoms with Gasteiger partial charge in [-0.2, -0.15) is 0 Å². The van der Waals surface area contributed by atoms with E-state index in [9.17, 15) is 23.9 Å². The molecule has 2 N–H and O–H groups in total. The second-order valence-electron chi connectivity index (χ2n) is 6.38. The minimum Gasteiger partial charge on any atom is -0.478 e. The van der Waals surface area contributed by atoms with Crippen molar-refractivity contribution in [3.05, 3.63) is 51.7 Å². The van der Waals surface area contributed by atoms with Gasteiger partial charge in [-0.25, -0.2) is 9.18 Å². The Morgan fingerprint density at radius 1 is 1.19 bits per heavy atom. The molecule has 3 rings (SSSR count). The van der Waals surface area contributed by atoms with Crippen molar-refractivity contribution in [2.45, 2.75) is 26.2 Å². The molecule has 0 aliphatic carbocycles. The molecule has 27 heavy (non-hydrogen) atoms. The average molecular weight is 390 g/mol. The summed E-state index contributed by atoms with van der Waals surface area (Å²) < 4.78 is 13.3. The van der Waals surface area contributed by atoms with Crippen molar-refractivity contribution in [2.24, 2.45) is 0 Å². The van der Waals surface area contributed by atoms with E-state index in [0.717, 1.165) is 36.7 Å². The zero-order valence-electron chi connectivity index (χ0n) is 14.8.